The standard InChI is InChI=1S/C15H16FNO3/c1-10(8-12-4-3-7-20-12)17-14-6-5-11(16)9-13(14)15(18)19-2/h3-7,9-10,17H,8H2,1-2H3. The molecule has 5 heteroatoms. The maximum absolute atomic E-state index is 13.2. The van der Waals surface area contributed by atoms with Gasteiger partial charge < -0.3 is 14.5 Å². The van der Waals surface area contributed by atoms with Crippen molar-refractivity contribution in [2.75, 3.05) is 12.4 Å². The van der Waals surface area contributed by atoms with E-state index in [0.29, 0.717) is 12.1 Å². The molecule has 2 aromatic rings. The quantitative estimate of drug-likeness (QED) is 0.852. The van der Waals surface area contributed by atoms with Crippen molar-refractivity contribution in [3.8, 4) is 0 Å². The van der Waals surface area contributed by atoms with E-state index in [9.17, 15) is 9.18 Å². The van der Waals surface area contributed by atoms with Crippen molar-refractivity contribution in [2.24, 2.45) is 0 Å². The third-order valence-electron chi connectivity index (χ3n) is 2.88. The van der Waals surface area contributed by atoms with E-state index in [1.54, 1.807) is 6.26 Å². The summed E-state index contributed by atoms with van der Waals surface area (Å²) in [6, 6.07) is 7.71. The summed E-state index contributed by atoms with van der Waals surface area (Å²) < 4.78 is 23.2. The molecule has 1 atom stereocenters. The maximum Gasteiger partial charge on any atom is 0.340 e. The number of nitrogens with one attached hydrogen (secondary N) is 1. The lowest BCUT2D eigenvalue weighted by Gasteiger charge is -2.16. The third-order valence-corrected chi connectivity index (χ3v) is 2.88. The van der Waals surface area contributed by atoms with Gasteiger partial charge in [0.05, 0.1) is 18.9 Å². The van der Waals surface area contributed by atoms with Gasteiger partial charge in [-0.3, -0.25) is 0 Å². The molecule has 0 saturated heterocycles. The van der Waals surface area contributed by atoms with Crippen molar-refractivity contribution in [1.29, 1.82) is 0 Å². The Labute approximate surface area is 116 Å². The molecule has 1 aromatic heterocycles. The number of benzene rings is 1. The summed E-state index contributed by atoms with van der Waals surface area (Å²) in [6.07, 6.45) is 2.27. The summed E-state index contributed by atoms with van der Waals surface area (Å²) in [5.74, 6) is -0.210. The van der Waals surface area contributed by atoms with Gasteiger partial charge >= 0.3 is 5.97 Å². The Hall–Kier alpha value is -2.30. The molecule has 1 unspecified atom stereocenters. The lowest BCUT2D eigenvalue weighted by Crippen LogP contribution is -2.20. The number of anilines is 1. The van der Waals surface area contributed by atoms with E-state index in [0.717, 1.165) is 11.8 Å². The number of carbonyl (C=O) groups is 1. The van der Waals surface area contributed by atoms with Crippen LogP contribution in [0.5, 0.6) is 0 Å². The molecule has 0 radical (unpaired) electrons. The highest BCUT2D eigenvalue weighted by molar-refractivity contribution is 5.95. The lowest BCUT2D eigenvalue weighted by atomic mass is 10.1. The smallest absolute Gasteiger partial charge is 0.340 e. The molecule has 1 aromatic carbocycles. The van der Waals surface area contributed by atoms with Crippen LogP contribution >= 0.6 is 0 Å². The molecule has 0 aliphatic heterocycles. The molecule has 4 nitrogen and oxygen atoms in total. The average molecular weight is 277 g/mol. The Morgan fingerprint density at radius 2 is 2.25 bits per heavy atom. The highest BCUT2D eigenvalue weighted by Crippen LogP contribution is 2.20. The van der Waals surface area contributed by atoms with Crippen molar-refractivity contribution in [1.82, 2.24) is 0 Å². The molecule has 0 spiro atoms. The molecule has 1 heterocycles. The van der Waals surface area contributed by atoms with Crippen molar-refractivity contribution in [2.45, 2.75) is 19.4 Å². The van der Waals surface area contributed by atoms with Crippen molar-refractivity contribution < 1.29 is 18.3 Å². The molecule has 0 aliphatic carbocycles. The van der Waals surface area contributed by atoms with Gasteiger partial charge in [0.1, 0.15) is 11.6 Å². The van der Waals surface area contributed by atoms with Crippen molar-refractivity contribution in [3.63, 3.8) is 0 Å². The minimum absolute atomic E-state index is 0.0232. The highest BCUT2D eigenvalue weighted by Gasteiger charge is 2.15. The number of methoxy groups -OCH3 is 1. The minimum Gasteiger partial charge on any atom is -0.469 e. The molecule has 0 aliphatic rings. The van der Waals surface area contributed by atoms with Gasteiger partial charge in [-0.2, -0.15) is 0 Å². The highest BCUT2D eigenvalue weighted by atomic mass is 19.1. The molecule has 0 bridgehead atoms. The first-order valence-corrected chi connectivity index (χ1v) is 6.27. The number of carbonyl (C=O) groups excluding carboxylic acids is 1. The Bertz CT molecular complexity index is 581. The first-order chi connectivity index (χ1) is 9.60. The fourth-order valence-corrected chi connectivity index (χ4v) is 1.97. The minimum atomic E-state index is -0.572. The monoisotopic (exact) mass is 277 g/mol. The van der Waals surface area contributed by atoms with Gasteiger partial charge in [-0.05, 0) is 37.3 Å². The summed E-state index contributed by atoms with van der Waals surface area (Å²) in [4.78, 5) is 11.6. The first-order valence-electron chi connectivity index (χ1n) is 6.27. The van der Waals surface area contributed by atoms with Crippen LogP contribution in [0.4, 0.5) is 10.1 Å². The predicted molar refractivity (Wildman–Crippen MR) is 73.2 cm³/mol. The van der Waals surface area contributed by atoms with E-state index in [1.165, 1.54) is 19.2 Å². The van der Waals surface area contributed by atoms with E-state index in [2.05, 4.69) is 10.1 Å². The second-order valence-corrected chi connectivity index (χ2v) is 4.51. The number of hydrogen-bond donors (Lipinski definition) is 1. The van der Waals surface area contributed by atoms with Gasteiger partial charge in [0.25, 0.3) is 0 Å². The van der Waals surface area contributed by atoms with Gasteiger partial charge in [0.2, 0.25) is 0 Å². The zero-order chi connectivity index (χ0) is 14.5. The van der Waals surface area contributed by atoms with Crippen LogP contribution in [0.15, 0.2) is 41.0 Å². The van der Waals surface area contributed by atoms with Gasteiger partial charge in [-0.15, -0.1) is 0 Å². The second-order valence-electron chi connectivity index (χ2n) is 4.51. The third kappa shape index (κ3) is 3.38. The van der Waals surface area contributed by atoms with Gasteiger partial charge in [0.15, 0.2) is 0 Å². The molecule has 20 heavy (non-hydrogen) atoms. The Morgan fingerprint density at radius 3 is 2.90 bits per heavy atom. The van der Waals surface area contributed by atoms with Gasteiger partial charge in [0, 0.05) is 18.2 Å². The fraction of sp³-hybridized carbons (Fsp3) is 0.267. The predicted octanol–water partition coefficient (Wildman–Crippen LogP) is 3.25. The zero-order valence-electron chi connectivity index (χ0n) is 11.4. The number of ether oxygens (including phenoxy) is 1. The Morgan fingerprint density at radius 1 is 1.45 bits per heavy atom. The van der Waals surface area contributed by atoms with E-state index >= 15 is 0 Å². The van der Waals surface area contributed by atoms with Gasteiger partial charge in [-0.25, -0.2) is 9.18 Å². The van der Waals surface area contributed by atoms with Crippen molar-refractivity contribution >= 4 is 11.7 Å². The maximum atomic E-state index is 13.2. The molecule has 0 saturated carbocycles. The van der Waals surface area contributed by atoms with E-state index in [-0.39, 0.29) is 11.6 Å². The Balaban J connectivity index is 2.14. The average Bonchev–Trinajstić information content (AvgIpc) is 2.92. The largest absolute Gasteiger partial charge is 0.469 e. The normalized spacial score (nSPS) is 11.9. The number of rotatable bonds is 5. The van der Waals surface area contributed by atoms with Crippen LogP contribution in [0.25, 0.3) is 0 Å². The molecular weight excluding hydrogens is 261 g/mol. The summed E-state index contributed by atoms with van der Waals surface area (Å²) in [7, 11) is 1.27. The number of furan rings is 1. The van der Waals surface area contributed by atoms with Gasteiger partial charge in [-0.1, -0.05) is 0 Å². The van der Waals surface area contributed by atoms with Crippen LogP contribution < -0.4 is 5.32 Å². The van der Waals surface area contributed by atoms with Crippen LogP contribution in [0, 0.1) is 5.82 Å². The summed E-state index contributed by atoms with van der Waals surface area (Å²) >= 11 is 0. The Kier molecular flexibility index (Phi) is 4.40. The SMILES string of the molecule is COC(=O)c1cc(F)ccc1NC(C)Cc1ccco1. The van der Waals surface area contributed by atoms with E-state index in [4.69, 9.17) is 4.42 Å². The molecule has 106 valence electrons. The molecule has 2 rings (SSSR count). The van der Waals surface area contributed by atoms with E-state index in [1.807, 2.05) is 19.1 Å². The number of halogens is 1. The van der Waals surface area contributed by atoms with Crippen molar-refractivity contribution in [3.05, 3.63) is 53.7 Å². The van der Waals surface area contributed by atoms with Crippen LogP contribution in [0.1, 0.15) is 23.0 Å². The zero-order valence-corrected chi connectivity index (χ0v) is 11.4. The molecular formula is C15H16FNO3. The van der Waals surface area contributed by atoms with Crippen LogP contribution in [0.3, 0.4) is 0 Å². The fourth-order valence-electron chi connectivity index (χ4n) is 1.97. The molecule has 0 fully saturated rings. The summed E-state index contributed by atoms with van der Waals surface area (Å²) in [6.45, 7) is 1.95. The summed E-state index contributed by atoms with van der Waals surface area (Å²) in [5.41, 5.74) is 0.719. The number of hydrogen-bond acceptors (Lipinski definition) is 4. The van der Waals surface area contributed by atoms with E-state index < -0.39 is 11.8 Å². The summed E-state index contributed by atoms with van der Waals surface area (Å²) in [5, 5.41) is 3.16. The molecule has 1 N–H and O–H groups in total. The van der Waals surface area contributed by atoms with Crippen LogP contribution in [0.2, 0.25) is 0 Å². The molecule has 0 amide bonds. The lowest BCUT2D eigenvalue weighted by molar-refractivity contribution is 0.0601. The van der Waals surface area contributed by atoms with Crippen LogP contribution in [-0.4, -0.2) is 19.1 Å². The number of esters is 1. The van der Waals surface area contributed by atoms with Crippen LogP contribution in [-0.2, 0) is 11.2 Å². The topological polar surface area (TPSA) is 51.5 Å². The second kappa shape index (κ2) is 6.23. The first kappa shape index (κ1) is 14.1.